The topological polar surface area (TPSA) is 122 Å². The van der Waals surface area contributed by atoms with Crippen LogP contribution in [0, 0.1) is 5.92 Å². The van der Waals surface area contributed by atoms with Crippen molar-refractivity contribution in [3.63, 3.8) is 0 Å². The van der Waals surface area contributed by atoms with Crippen LogP contribution in [0.15, 0.2) is 53.2 Å². The van der Waals surface area contributed by atoms with Gasteiger partial charge in [0.05, 0.1) is 5.69 Å². The highest BCUT2D eigenvalue weighted by Gasteiger charge is 2.25. The molecule has 8 nitrogen and oxygen atoms in total. The fourth-order valence-electron chi connectivity index (χ4n) is 4.53. The van der Waals surface area contributed by atoms with E-state index in [-0.39, 0.29) is 6.73 Å². The minimum Gasteiger partial charge on any atom is -0.356 e. The summed E-state index contributed by atoms with van der Waals surface area (Å²) in [6.45, 7) is -0.340. The van der Waals surface area contributed by atoms with Crippen molar-refractivity contribution in [2.24, 2.45) is 11.7 Å². The first-order valence-electron chi connectivity index (χ1n) is 11.5. The maximum absolute atomic E-state index is 11.0. The van der Waals surface area contributed by atoms with Gasteiger partial charge in [0.25, 0.3) is 0 Å². The molecule has 2 aromatic rings. The molecule has 1 saturated carbocycles. The lowest BCUT2D eigenvalue weighted by Gasteiger charge is -2.30. The SMILES string of the molecule is NC1C(c2cc(Cc3ccc(CCC4CCCCC4)cc3)no2)=CC=CN1COP(=O)(O)O. The first-order chi connectivity index (χ1) is 15.9. The van der Waals surface area contributed by atoms with Crippen LogP contribution in [0.3, 0.4) is 0 Å². The predicted molar refractivity (Wildman–Crippen MR) is 126 cm³/mol. The van der Waals surface area contributed by atoms with Gasteiger partial charge in [-0.05, 0) is 36.0 Å². The Hall–Kier alpha value is -2.22. The first-order valence-corrected chi connectivity index (χ1v) is 13.0. The molecule has 1 aromatic heterocycles. The summed E-state index contributed by atoms with van der Waals surface area (Å²) in [5.41, 5.74) is 10.2. The first kappa shape index (κ1) is 23.9. The van der Waals surface area contributed by atoms with Gasteiger partial charge in [-0.1, -0.05) is 67.6 Å². The molecule has 0 amide bonds. The van der Waals surface area contributed by atoms with E-state index < -0.39 is 14.0 Å². The van der Waals surface area contributed by atoms with Crippen molar-refractivity contribution in [3.05, 3.63) is 71.3 Å². The summed E-state index contributed by atoms with van der Waals surface area (Å²) in [6, 6.07) is 10.6. The van der Waals surface area contributed by atoms with Crippen molar-refractivity contribution >= 4 is 13.4 Å². The molecule has 0 saturated heterocycles. The number of aryl methyl sites for hydroxylation is 1. The summed E-state index contributed by atoms with van der Waals surface area (Å²) >= 11 is 0. The van der Waals surface area contributed by atoms with E-state index in [1.807, 2.05) is 6.07 Å². The average molecular weight is 474 g/mol. The number of nitrogens with zero attached hydrogens (tertiary/aromatic N) is 2. The normalized spacial score (nSPS) is 19.7. The zero-order valence-electron chi connectivity index (χ0n) is 18.7. The lowest BCUT2D eigenvalue weighted by Crippen LogP contribution is -2.41. The molecule has 1 aromatic carbocycles. The third-order valence-corrected chi connectivity index (χ3v) is 6.87. The summed E-state index contributed by atoms with van der Waals surface area (Å²) in [6.07, 6.45) is 14.5. The predicted octanol–water partition coefficient (Wildman–Crippen LogP) is 4.34. The summed E-state index contributed by atoms with van der Waals surface area (Å²) in [7, 11) is -4.59. The van der Waals surface area contributed by atoms with Gasteiger partial charge in [0.1, 0.15) is 12.9 Å². The van der Waals surface area contributed by atoms with Gasteiger partial charge in [-0.15, -0.1) is 0 Å². The van der Waals surface area contributed by atoms with E-state index in [0.717, 1.165) is 23.6 Å². The fraction of sp³-hybridized carbons (Fsp3) is 0.458. The second kappa shape index (κ2) is 10.8. The Morgan fingerprint density at radius 3 is 2.61 bits per heavy atom. The van der Waals surface area contributed by atoms with Gasteiger partial charge in [-0.3, -0.25) is 4.52 Å². The number of phosphoric acid groups is 1. The van der Waals surface area contributed by atoms with E-state index in [1.165, 1.54) is 49.0 Å². The monoisotopic (exact) mass is 473 g/mol. The lowest BCUT2D eigenvalue weighted by atomic mass is 9.85. The molecule has 0 spiro atoms. The molecule has 0 radical (unpaired) electrons. The molecule has 9 heteroatoms. The van der Waals surface area contributed by atoms with Crippen LogP contribution in [0.1, 0.15) is 61.1 Å². The van der Waals surface area contributed by atoms with Crippen LogP contribution in [0.25, 0.3) is 5.57 Å². The highest BCUT2D eigenvalue weighted by atomic mass is 31.2. The average Bonchev–Trinajstić information content (AvgIpc) is 3.26. The van der Waals surface area contributed by atoms with Crippen LogP contribution in [-0.2, 0) is 21.9 Å². The van der Waals surface area contributed by atoms with E-state index >= 15 is 0 Å². The molecule has 1 aliphatic heterocycles. The molecule has 1 atom stereocenters. The Morgan fingerprint density at radius 2 is 1.88 bits per heavy atom. The van der Waals surface area contributed by atoms with Crippen molar-refractivity contribution in [1.29, 1.82) is 0 Å². The Kier molecular flexibility index (Phi) is 7.83. The van der Waals surface area contributed by atoms with E-state index in [9.17, 15) is 4.57 Å². The summed E-state index contributed by atoms with van der Waals surface area (Å²) < 4.78 is 21.0. The van der Waals surface area contributed by atoms with Gasteiger partial charge < -0.3 is 24.9 Å². The largest absolute Gasteiger partial charge is 0.471 e. The molecule has 1 fully saturated rings. The quantitative estimate of drug-likeness (QED) is 0.460. The summed E-state index contributed by atoms with van der Waals surface area (Å²) in [5, 5.41) is 4.18. The van der Waals surface area contributed by atoms with Gasteiger partial charge >= 0.3 is 7.82 Å². The second-order valence-electron chi connectivity index (χ2n) is 8.89. The molecule has 0 bridgehead atoms. The molecule has 4 rings (SSSR count). The molecule has 1 aliphatic carbocycles. The fourth-order valence-corrected chi connectivity index (χ4v) is 4.81. The van der Waals surface area contributed by atoms with Crippen LogP contribution in [-0.4, -0.2) is 32.7 Å². The van der Waals surface area contributed by atoms with Crippen molar-refractivity contribution in [2.75, 3.05) is 6.73 Å². The minimum atomic E-state index is -4.59. The Bertz CT molecular complexity index is 1020. The number of hydrogen-bond acceptors (Lipinski definition) is 6. The molecule has 178 valence electrons. The van der Waals surface area contributed by atoms with Gasteiger partial charge in [-0.2, -0.15) is 0 Å². The van der Waals surface area contributed by atoms with Gasteiger partial charge in [0.15, 0.2) is 5.76 Å². The number of allylic oxidation sites excluding steroid dienone is 2. The zero-order valence-corrected chi connectivity index (χ0v) is 19.6. The van der Waals surface area contributed by atoms with Gasteiger partial charge in [-0.25, -0.2) is 4.57 Å². The smallest absolute Gasteiger partial charge is 0.356 e. The van der Waals surface area contributed by atoms with Crippen LogP contribution in [0.4, 0.5) is 0 Å². The Labute approximate surface area is 194 Å². The summed E-state index contributed by atoms with van der Waals surface area (Å²) in [5.74, 6) is 1.41. The summed E-state index contributed by atoms with van der Waals surface area (Å²) in [4.78, 5) is 19.3. The van der Waals surface area contributed by atoms with E-state index in [1.54, 1.807) is 18.4 Å². The number of benzene rings is 1. The molecular formula is C24H32N3O5P. The van der Waals surface area contributed by atoms with Crippen LogP contribution in [0.5, 0.6) is 0 Å². The number of aromatic nitrogens is 1. The standard InChI is InChI=1S/C24H32N3O5P/c25-24-22(7-4-14-27(24)17-31-33(28,29)30)23-16-21(26-32-23)15-20-12-10-19(11-13-20)9-8-18-5-2-1-3-6-18/h4,7,10-14,16,18,24H,1-3,5-6,8-9,15,17,25H2,(H2,28,29,30). The van der Waals surface area contributed by atoms with E-state index in [0.29, 0.717) is 17.8 Å². The highest BCUT2D eigenvalue weighted by molar-refractivity contribution is 7.46. The van der Waals surface area contributed by atoms with Gasteiger partial charge in [0.2, 0.25) is 0 Å². The number of rotatable bonds is 9. The lowest BCUT2D eigenvalue weighted by molar-refractivity contribution is 0.110. The van der Waals surface area contributed by atoms with Gasteiger partial charge in [0, 0.05) is 24.3 Å². The molecule has 1 unspecified atom stereocenters. The number of hydrogen-bond donors (Lipinski definition) is 3. The number of phosphoric ester groups is 1. The van der Waals surface area contributed by atoms with Crippen molar-refractivity contribution < 1.29 is 23.4 Å². The van der Waals surface area contributed by atoms with E-state index in [2.05, 4.69) is 33.9 Å². The Morgan fingerprint density at radius 1 is 1.15 bits per heavy atom. The second-order valence-corrected chi connectivity index (χ2v) is 10.1. The van der Waals surface area contributed by atoms with Crippen LogP contribution in [0.2, 0.25) is 0 Å². The Balaban J connectivity index is 1.32. The number of nitrogens with two attached hydrogens (primary N) is 1. The molecular weight excluding hydrogens is 441 g/mol. The molecule has 2 heterocycles. The van der Waals surface area contributed by atoms with Crippen molar-refractivity contribution in [2.45, 2.75) is 57.5 Å². The molecule has 2 aliphatic rings. The zero-order chi connectivity index (χ0) is 23.3. The van der Waals surface area contributed by atoms with Crippen molar-refractivity contribution in [3.8, 4) is 0 Å². The molecule has 33 heavy (non-hydrogen) atoms. The maximum atomic E-state index is 11.0. The molecule has 4 N–H and O–H groups in total. The van der Waals surface area contributed by atoms with Crippen LogP contribution < -0.4 is 5.73 Å². The highest BCUT2D eigenvalue weighted by Crippen LogP contribution is 2.36. The van der Waals surface area contributed by atoms with Crippen molar-refractivity contribution in [1.82, 2.24) is 10.1 Å². The maximum Gasteiger partial charge on any atom is 0.471 e. The van der Waals surface area contributed by atoms with E-state index in [4.69, 9.17) is 20.0 Å². The van der Waals surface area contributed by atoms with Crippen LogP contribution >= 0.6 is 7.82 Å². The minimum absolute atomic E-state index is 0.340. The third-order valence-electron chi connectivity index (χ3n) is 6.42. The third kappa shape index (κ3) is 6.88.